The van der Waals surface area contributed by atoms with Gasteiger partial charge in [-0.25, -0.2) is 13.6 Å². The number of benzene rings is 1. The van der Waals surface area contributed by atoms with Crippen molar-refractivity contribution in [1.82, 2.24) is 0 Å². The Labute approximate surface area is 83.3 Å². The van der Waals surface area contributed by atoms with Crippen molar-refractivity contribution >= 4 is 23.4 Å². The van der Waals surface area contributed by atoms with Gasteiger partial charge in [-0.1, -0.05) is 11.6 Å². The van der Waals surface area contributed by atoms with Crippen LogP contribution in [0.15, 0.2) is 6.07 Å². The highest BCUT2D eigenvalue weighted by Gasteiger charge is 2.16. The van der Waals surface area contributed by atoms with Crippen molar-refractivity contribution in [2.75, 3.05) is 5.32 Å². The number of hydrogen-bond acceptors (Lipinski definition) is 1. The summed E-state index contributed by atoms with van der Waals surface area (Å²) in [5, 5.41) is 9.58. The van der Waals surface area contributed by atoms with E-state index in [4.69, 9.17) is 16.7 Å². The first-order valence-corrected chi connectivity index (χ1v) is 3.95. The third-order valence-electron chi connectivity index (χ3n) is 1.57. The summed E-state index contributed by atoms with van der Waals surface area (Å²) >= 11 is 5.46. The molecule has 2 N–H and O–H groups in total. The van der Waals surface area contributed by atoms with Crippen LogP contribution in [0.1, 0.15) is 5.56 Å². The number of aryl methyl sites for hydroxylation is 1. The van der Waals surface area contributed by atoms with E-state index in [1.807, 2.05) is 0 Å². The van der Waals surface area contributed by atoms with Gasteiger partial charge in [-0.15, -0.1) is 0 Å². The van der Waals surface area contributed by atoms with Crippen LogP contribution in [0.3, 0.4) is 0 Å². The number of carboxylic acid groups (broad SMARTS) is 1. The smallest absolute Gasteiger partial charge is 0.409 e. The van der Waals surface area contributed by atoms with Gasteiger partial charge in [-0.05, 0) is 18.6 Å². The van der Waals surface area contributed by atoms with Crippen LogP contribution < -0.4 is 5.32 Å². The zero-order valence-electron chi connectivity index (χ0n) is 7.07. The summed E-state index contributed by atoms with van der Waals surface area (Å²) in [6.45, 7) is 1.42. The predicted octanol–water partition coefficient (Wildman–Crippen LogP) is 3.02. The molecule has 0 fully saturated rings. The molecule has 76 valence electrons. The molecule has 0 spiro atoms. The molecular weight excluding hydrogens is 216 g/mol. The maximum Gasteiger partial charge on any atom is 0.409 e. The molecule has 1 amide bonds. The summed E-state index contributed by atoms with van der Waals surface area (Å²) in [6.07, 6.45) is -1.55. The molecule has 0 bridgehead atoms. The zero-order chi connectivity index (χ0) is 10.9. The molecule has 6 heteroatoms. The molecule has 1 aromatic rings. The van der Waals surface area contributed by atoms with E-state index in [1.54, 1.807) is 5.32 Å². The lowest BCUT2D eigenvalue weighted by Crippen LogP contribution is -2.11. The lowest BCUT2D eigenvalue weighted by Gasteiger charge is -2.07. The molecule has 0 radical (unpaired) electrons. The topological polar surface area (TPSA) is 49.3 Å². The van der Waals surface area contributed by atoms with Crippen molar-refractivity contribution in [3.8, 4) is 0 Å². The quantitative estimate of drug-likeness (QED) is 0.716. The van der Waals surface area contributed by atoms with Crippen molar-refractivity contribution in [2.45, 2.75) is 6.92 Å². The molecule has 0 saturated heterocycles. The summed E-state index contributed by atoms with van der Waals surface area (Å²) < 4.78 is 26.2. The first kappa shape index (κ1) is 10.7. The average molecular weight is 222 g/mol. The van der Waals surface area contributed by atoms with Crippen LogP contribution in [0.25, 0.3) is 0 Å². The summed E-state index contributed by atoms with van der Waals surface area (Å²) in [5.74, 6) is -2.10. The van der Waals surface area contributed by atoms with E-state index in [9.17, 15) is 13.6 Å². The highest BCUT2D eigenvalue weighted by Crippen LogP contribution is 2.28. The Hall–Kier alpha value is -1.36. The predicted molar refractivity (Wildman–Crippen MR) is 47.8 cm³/mol. The fourth-order valence-electron chi connectivity index (χ4n) is 0.935. The van der Waals surface area contributed by atoms with Gasteiger partial charge in [0, 0.05) is 0 Å². The van der Waals surface area contributed by atoms with Gasteiger partial charge in [0.05, 0.1) is 5.02 Å². The van der Waals surface area contributed by atoms with Crippen LogP contribution in [0.2, 0.25) is 5.02 Å². The van der Waals surface area contributed by atoms with Crippen LogP contribution in [0.4, 0.5) is 19.3 Å². The van der Waals surface area contributed by atoms with Crippen LogP contribution in [-0.2, 0) is 0 Å². The van der Waals surface area contributed by atoms with E-state index < -0.39 is 23.4 Å². The number of hydrogen-bond donors (Lipinski definition) is 2. The van der Waals surface area contributed by atoms with Gasteiger partial charge in [0.1, 0.15) is 11.5 Å². The van der Waals surface area contributed by atoms with Gasteiger partial charge < -0.3 is 5.11 Å². The van der Waals surface area contributed by atoms with Crippen molar-refractivity contribution in [2.24, 2.45) is 0 Å². The van der Waals surface area contributed by atoms with E-state index in [0.29, 0.717) is 0 Å². The second-order valence-corrected chi connectivity index (χ2v) is 2.99. The van der Waals surface area contributed by atoms with E-state index >= 15 is 0 Å². The third-order valence-corrected chi connectivity index (χ3v) is 2.04. The van der Waals surface area contributed by atoms with Crippen LogP contribution >= 0.6 is 11.6 Å². The van der Waals surface area contributed by atoms with Gasteiger partial charge in [0.15, 0.2) is 5.82 Å². The molecule has 0 heterocycles. The van der Waals surface area contributed by atoms with Crippen molar-refractivity contribution in [1.29, 1.82) is 0 Å². The molecular formula is C8H6ClF2NO2. The first-order valence-electron chi connectivity index (χ1n) is 3.57. The molecule has 0 unspecified atom stereocenters. The van der Waals surface area contributed by atoms with Gasteiger partial charge in [0.25, 0.3) is 0 Å². The van der Waals surface area contributed by atoms with Crippen LogP contribution in [-0.4, -0.2) is 11.2 Å². The maximum absolute atomic E-state index is 13.2. The third kappa shape index (κ3) is 1.93. The van der Waals surface area contributed by atoms with Gasteiger partial charge in [-0.3, -0.25) is 5.32 Å². The molecule has 1 aromatic carbocycles. The molecule has 0 aromatic heterocycles. The molecule has 1 rings (SSSR count). The standard InChI is InChI=1S/C8H6ClF2NO2/c1-3-2-4(10)7(12-8(13)14)6(11)5(3)9/h2,12H,1H3,(H,13,14). The fraction of sp³-hybridized carbons (Fsp3) is 0.125. The van der Waals surface area contributed by atoms with E-state index in [-0.39, 0.29) is 10.6 Å². The minimum Gasteiger partial charge on any atom is -0.465 e. The molecule has 0 aliphatic rings. The van der Waals surface area contributed by atoms with Gasteiger partial charge in [0.2, 0.25) is 0 Å². The molecule has 0 aliphatic carbocycles. The Bertz CT molecular complexity index is 395. The Kier molecular flexibility index (Phi) is 2.90. The summed E-state index contributed by atoms with van der Waals surface area (Å²) in [6, 6.07) is 0.955. The van der Waals surface area contributed by atoms with Crippen molar-refractivity contribution in [3.05, 3.63) is 28.3 Å². The summed E-state index contributed by atoms with van der Waals surface area (Å²) in [4.78, 5) is 10.2. The van der Waals surface area contributed by atoms with Crippen molar-refractivity contribution < 1.29 is 18.7 Å². The van der Waals surface area contributed by atoms with E-state index in [2.05, 4.69) is 0 Å². The lowest BCUT2D eigenvalue weighted by molar-refractivity contribution is 0.209. The Balaban J connectivity index is 3.29. The number of carbonyl (C=O) groups is 1. The highest BCUT2D eigenvalue weighted by atomic mass is 35.5. The highest BCUT2D eigenvalue weighted by molar-refractivity contribution is 6.31. The Morgan fingerprint density at radius 3 is 2.64 bits per heavy atom. The fourth-order valence-corrected chi connectivity index (χ4v) is 1.08. The summed E-state index contributed by atoms with van der Waals surface area (Å²) in [7, 11) is 0. The van der Waals surface area contributed by atoms with E-state index in [1.165, 1.54) is 6.92 Å². The normalized spacial score (nSPS) is 10.0. The van der Waals surface area contributed by atoms with Crippen LogP contribution in [0.5, 0.6) is 0 Å². The Morgan fingerprint density at radius 2 is 2.14 bits per heavy atom. The van der Waals surface area contributed by atoms with Gasteiger partial charge >= 0.3 is 6.09 Å². The molecule has 0 aliphatic heterocycles. The molecule has 3 nitrogen and oxygen atoms in total. The minimum atomic E-state index is -1.55. The molecule has 0 saturated carbocycles. The SMILES string of the molecule is Cc1cc(F)c(NC(=O)O)c(F)c1Cl. The number of amides is 1. The second kappa shape index (κ2) is 3.79. The molecule has 0 atom stereocenters. The monoisotopic (exact) mass is 221 g/mol. The summed E-state index contributed by atoms with van der Waals surface area (Å²) in [5.41, 5.74) is -0.550. The number of halogens is 3. The first-order chi connectivity index (χ1) is 6.43. The lowest BCUT2D eigenvalue weighted by atomic mass is 10.2. The van der Waals surface area contributed by atoms with Crippen molar-refractivity contribution in [3.63, 3.8) is 0 Å². The largest absolute Gasteiger partial charge is 0.465 e. The molecule has 14 heavy (non-hydrogen) atoms. The maximum atomic E-state index is 13.2. The number of nitrogens with one attached hydrogen (secondary N) is 1. The average Bonchev–Trinajstić information content (AvgIpc) is 2.09. The van der Waals surface area contributed by atoms with E-state index in [0.717, 1.165) is 6.07 Å². The van der Waals surface area contributed by atoms with Crippen LogP contribution in [0, 0.1) is 18.6 Å². The second-order valence-electron chi connectivity index (χ2n) is 2.61. The van der Waals surface area contributed by atoms with Gasteiger partial charge in [-0.2, -0.15) is 0 Å². The zero-order valence-corrected chi connectivity index (χ0v) is 7.82. The Morgan fingerprint density at radius 1 is 1.57 bits per heavy atom. The number of rotatable bonds is 1. The minimum absolute atomic E-state index is 0.206. The number of anilines is 1.